The van der Waals surface area contributed by atoms with Crippen molar-refractivity contribution < 1.29 is 14.3 Å². The Kier molecular flexibility index (Phi) is 4.04. The van der Waals surface area contributed by atoms with Gasteiger partial charge >= 0.3 is 0 Å². The summed E-state index contributed by atoms with van der Waals surface area (Å²) >= 11 is 0. The van der Waals surface area contributed by atoms with Gasteiger partial charge in [-0.2, -0.15) is 9.48 Å². The summed E-state index contributed by atoms with van der Waals surface area (Å²) in [5.74, 6) is -0.112. The van der Waals surface area contributed by atoms with Gasteiger partial charge in [-0.05, 0) is 41.8 Å². The molecule has 6 heteroatoms. The number of amidine groups is 1. The van der Waals surface area contributed by atoms with Gasteiger partial charge in [0, 0.05) is 17.7 Å². The number of nitrogens with one attached hydrogen (secondary N) is 1. The first kappa shape index (κ1) is 17.7. The molecule has 1 unspecified atom stereocenters. The zero-order valence-corrected chi connectivity index (χ0v) is 15.5. The number of carbonyl (C=O) groups excluding carboxylic acids is 1. The molecule has 0 saturated heterocycles. The van der Waals surface area contributed by atoms with Crippen molar-refractivity contribution in [3.05, 3.63) is 102 Å². The van der Waals surface area contributed by atoms with Gasteiger partial charge in [-0.3, -0.25) is 4.79 Å². The van der Waals surface area contributed by atoms with E-state index < -0.39 is 18.0 Å². The van der Waals surface area contributed by atoms with E-state index in [1.165, 1.54) is 12.1 Å². The lowest BCUT2D eigenvalue weighted by Gasteiger charge is -2.28. The molecule has 2 aliphatic heterocycles. The van der Waals surface area contributed by atoms with Crippen LogP contribution in [-0.2, 0) is 6.42 Å². The summed E-state index contributed by atoms with van der Waals surface area (Å²) in [4.78, 5) is 17.2. The summed E-state index contributed by atoms with van der Waals surface area (Å²) in [6.45, 7) is 0. The van der Waals surface area contributed by atoms with Gasteiger partial charge in [0.25, 0.3) is 5.91 Å². The summed E-state index contributed by atoms with van der Waals surface area (Å²) in [5.41, 5.74) is 2.52. The number of aliphatic hydroxyl groups excluding tert-OH is 1. The van der Waals surface area contributed by atoms with Crippen LogP contribution >= 0.6 is 0 Å². The van der Waals surface area contributed by atoms with Crippen LogP contribution in [0.3, 0.4) is 0 Å². The van der Waals surface area contributed by atoms with Crippen LogP contribution in [0.1, 0.15) is 27.6 Å². The van der Waals surface area contributed by atoms with Crippen molar-refractivity contribution in [2.24, 2.45) is 4.99 Å². The topological polar surface area (TPSA) is 61.7 Å². The molecule has 0 aromatic heterocycles. The molecule has 2 aromatic carbocycles. The molecule has 1 amide bonds. The summed E-state index contributed by atoms with van der Waals surface area (Å²) in [6.07, 6.45) is 10.5. The highest BCUT2D eigenvalue weighted by Crippen LogP contribution is 2.35. The minimum absolute atomic E-state index is 0.000941. The van der Waals surface area contributed by atoms with E-state index in [0.717, 1.165) is 11.1 Å². The zero-order valence-electron chi connectivity index (χ0n) is 15.5. The third kappa shape index (κ3) is 2.76. The number of benzene rings is 2. The van der Waals surface area contributed by atoms with Gasteiger partial charge in [-0.1, -0.05) is 24.3 Å². The standard InChI is InChI=1S/C23H18FN3O2/c24-18-9-8-16(14-20(18)27-11-4-3-7-21(27)25-10-12-27)23(29)26-19-13-15-5-1-2-6-17(15)22(19)28/h1-12,14,19,22,28H,13H2/p+1/t19-,22+,27?/m0/s1. The highest BCUT2D eigenvalue weighted by Gasteiger charge is 2.39. The van der Waals surface area contributed by atoms with Gasteiger partial charge in [-0.25, -0.2) is 4.39 Å². The Labute approximate surface area is 167 Å². The Morgan fingerprint density at radius 1 is 1.17 bits per heavy atom. The van der Waals surface area contributed by atoms with Gasteiger partial charge in [0.05, 0.1) is 18.3 Å². The molecule has 144 valence electrons. The Bertz CT molecular complexity index is 1130. The van der Waals surface area contributed by atoms with Crippen LogP contribution in [0, 0.1) is 5.82 Å². The number of hydrogen-bond acceptors (Lipinski definition) is 3. The third-order valence-electron chi connectivity index (χ3n) is 5.68. The van der Waals surface area contributed by atoms with E-state index in [-0.39, 0.29) is 10.4 Å². The van der Waals surface area contributed by atoms with Crippen LogP contribution in [0.25, 0.3) is 0 Å². The first-order chi connectivity index (χ1) is 14.1. The minimum Gasteiger partial charge on any atom is -0.386 e. The maximum absolute atomic E-state index is 14.8. The van der Waals surface area contributed by atoms with E-state index in [2.05, 4.69) is 10.3 Å². The second-order valence-corrected chi connectivity index (χ2v) is 7.36. The van der Waals surface area contributed by atoms with Gasteiger partial charge < -0.3 is 10.4 Å². The Balaban J connectivity index is 1.43. The lowest BCUT2D eigenvalue weighted by atomic mass is 10.1. The van der Waals surface area contributed by atoms with Crippen molar-refractivity contribution >= 4 is 17.4 Å². The zero-order chi connectivity index (χ0) is 20.0. The number of hydrogen-bond donors (Lipinski definition) is 2. The van der Waals surface area contributed by atoms with Crippen molar-refractivity contribution in [3.63, 3.8) is 0 Å². The van der Waals surface area contributed by atoms with Crippen molar-refractivity contribution in [1.29, 1.82) is 0 Å². The molecule has 0 bridgehead atoms. The summed E-state index contributed by atoms with van der Waals surface area (Å²) in [5, 5.41) is 13.4. The number of aliphatic imine (C=N–C) groups is 1. The van der Waals surface area contributed by atoms with Crippen LogP contribution in [0.5, 0.6) is 0 Å². The van der Waals surface area contributed by atoms with Crippen molar-refractivity contribution in [1.82, 2.24) is 9.80 Å². The second-order valence-electron chi connectivity index (χ2n) is 7.36. The lowest BCUT2D eigenvalue weighted by molar-refractivity contribution is 0.0858. The molecule has 0 fully saturated rings. The lowest BCUT2D eigenvalue weighted by Crippen LogP contribution is -2.43. The number of allylic oxidation sites excluding steroid dienone is 2. The Morgan fingerprint density at radius 3 is 2.90 bits per heavy atom. The molecule has 29 heavy (non-hydrogen) atoms. The summed E-state index contributed by atoms with van der Waals surface area (Å²) < 4.78 is 14.8. The smallest absolute Gasteiger partial charge is 0.251 e. The van der Waals surface area contributed by atoms with Gasteiger partial charge in [0.15, 0.2) is 11.5 Å². The molecule has 5 nitrogen and oxygen atoms in total. The predicted octanol–water partition coefficient (Wildman–Crippen LogP) is 3.49. The second kappa shape index (κ2) is 6.62. The monoisotopic (exact) mass is 388 g/mol. The van der Waals surface area contributed by atoms with E-state index in [4.69, 9.17) is 0 Å². The van der Waals surface area contributed by atoms with E-state index >= 15 is 0 Å². The normalized spacial score (nSPS) is 26.2. The summed E-state index contributed by atoms with van der Waals surface area (Å²) in [6, 6.07) is 11.5. The average Bonchev–Trinajstić information content (AvgIpc) is 3.30. The third-order valence-corrected chi connectivity index (χ3v) is 5.68. The first-order valence-electron chi connectivity index (χ1n) is 9.46. The molecule has 3 aliphatic rings. The van der Waals surface area contributed by atoms with E-state index in [1.54, 1.807) is 18.5 Å². The molecule has 2 N–H and O–H groups in total. The maximum atomic E-state index is 14.8. The van der Waals surface area contributed by atoms with E-state index in [0.29, 0.717) is 23.5 Å². The van der Waals surface area contributed by atoms with Crippen LogP contribution in [-0.4, -0.2) is 22.9 Å². The van der Waals surface area contributed by atoms with Crippen molar-refractivity contribution in [3.8, 4) is 0 Å². The van der Waals surface area contributed by atoms with Gasteiger partial charge in [-0.15, -0.1) is 0 Å². The van der Waals surface area contributed by atoms with Crippen molar-refractivity contribution in [2.45, 2.75) is 18.6 Å². The number of nitrogens with zero attached hydrogens (tertiary/aromatic N) is 2. The minimum atomic E-state index is -0.757. The molecule has 5 rings (SSSR count). The number of carbonyl (C=O) groups is 1. The van der Waals surface area contributed by atoms with E-state index in [9.17, 15) is 14.3 Å². The Hall–Kier alpha value is -3.35. The number of quaternary nitrogens is 1. The molecular formula is C23H19FN3O2+. The molecule has 0 radical (unpaired) electrons. The SMILES string of the molecule is O=C(N[C@H]1Cc2ccccc2[C@H]1O)c1ccc(F)c([N+]23C=CC=CC2=NC=C3)c1. The predicted molar refractivity (Wildman–Crippen MR) is 109 cm³/mol. The number of rotatable bonds is 3. The molecule has 0 spiro atoms. The average molecular weight is 388 g/mol. The van der Waals surface area contributed by atoms with Crippen molar-refractivity contribution in [2.75, 3.05) is 0 Å². The molecular weight excluding hydrogens is 369 g/mol. The van der Waals surface area contributed by atoms with E-state index in [1.807, 2.05) is 48.7 Å². The number of aliphatic hydroxyl groups is 1. The molecule has 2 aromatic rings. The number of amides is 1. The molecule has 2 heterocycles. The maximum Gasteiger partial charge on any atom is 0.251 e. The highest BCUT2D eigenvalue weighted by molar-refractivity contribution is 6.07. The quantitative estimate of drug-likeness (QED) is 0.791. The summed E-state index contributed by atoms with van der Waals surface area (Å²) in [7, 11) is 0. The fraction of sp³-hybridized carbons (Fsp3) is 0.130. The van der Waals surface area contributed by atoms with Gasteiger partial charge in [0.1, 0.15) is 12.4 Å². The molecule has 0 saturated carbocycles. The van der Waals surface area contributed by atoms with Crippen LogP contribution in [0.2, 0.25) is 0 Å². The largest absolute Gasteiger partial charge is 0.386 e. The van der Waals surface area contributed by atoms with Crippen LogP contribution in [0.4, 0.5) is 10.1 Å². The highest BCUT2D eigenvalue weighted by atomic mass is 19.1. The number of fused-ring (bicyclic) bond motifs is 2. The van der Waals surface area contributed by atoms with Gasteiger partial charge in [0.2, 0.25) is 5.84 Å². The fourth-order valence-corrected chi connectivity index (χ4v) is 4.18. The first-order valence-corrected chi connectivity index (χ1v) is 9.46. The van der Waals surface area contributed by atoms with Crippen LogP contribution in [0.15, 0.2) is 84.3 Å². The Morgan fingerprint density at radius 2 is 2.03 bits per heavy atom. The van der Waals surface area contributed by atoms with Crippen LogP contribution < -0.4 is 9.80 Å². The molecule has 3 atom stereocenters. The fourth-order valence-electron chi connectivity index (χ4n) is 4.18. The molecule has 1 aliphatic carbocycles. The number of halogens is 1.